The minimum Gasteiger partial charge on any atom is -0.351 e. The number of primary amides is 1. The number of rotatable bonds is 2. The molecule has 0 bridgehead atoms. The maximum absolute atomic E-state index is 12.4. The van der Waals surface area contributed by atoms with Crippen molar-refractivity contribution in [1.82, 2.24) is 4.90 Å². The molecule has 2 rings (SSSR count). The number of nitrogens with one attached hydrogen (secondary N) is 1. The van der Waals surface area contributed by atoms with Crippen LogP contribution in [0.1, 0.15) is 30.1 Å². The zero-order valence-corrected chi connectivity index (χ0v) is 11.1. The maximum atomic E-state index is 12.4. The van der Waals surface area contributed by atoms with E-state index in [2.05, 4.69) is 12.2 Å². The van der Waals surface area contributed by atoms with Crippen molar-refractivity contribution in [2.45, 2.75) is 19.8 Å². The van der Waals surface area contributed by atoms with Gasteiger partial charge in [0.1, 0.15) is 0 Å². The smallest absolute Gasteiger partial charge is 0.316 e. The number of hydrogen-bond donors (Lipinski definition) is 2. The van der Waals surface area contributed by atoms with Crippen LogP contribution in [-0.4, -0.2) is 29.9 Å². The van der Waals surface area contributed by atoms with Crippen LogP contribution in [0.2, 0.25) is 0 Å². The topological polar surface area (TPSA) is 75.4 Å². The molecule has 0 aliphatic carbocycles. The van der Waals surface area contributed by atoms with Gasteiger partial charge in [0.05, 0.1) is 0 Å². The maximum Gasteiger partial charge on any atom is 0.316 e. The molecular formula is C14H19N3O2. The average Bonchev–Trinajstić information content (AvgIpc) is 2.37. The van der Waals surface area contributed by atoms with Crippen LogP contribution in [0, 0.1) is 5.92 Å². The monoisotopic (exact) mass is 261 g/mol. The first kappa shape index (κ1) is 13.4. The summed E-state index contributed by atoms with van der Waals surface area (Å²) < 4.78 is 0. The van der Waals surface area contributed by atoms with Gasteiger partial charge in [-0.15, -0.1) is 0 Å². The van der Waals surface area contributed by atoms with E-state index in [9.17, 15) is 9.59 Å². The zero-order chi connectivity index (χ0) is 13.8. The van der Waals surface area contributed by atoms with E-state index >= 15 is 0 Å². The van der Waals surface area contributed by atoms with Gasteiger partial charge in [0.15, 0.2) is 0 Å². The first-order valence-corrected chi connectivity index (χ1v) is 6.52. The zero-order valence-electron chi connectivity index (χ0n) is 11.1. The third-order valence-electron chi connectivity index (χ3n) is 3.32. The molecule has 1 aliphatic heterocycles. The van der Waals surface area contributed by atoms with Crippen molar-refractivity contribution in [3.63, 3.8) is 0 Å². The highest BCUT2D eigenvalue weighted by Gasteiger charge is 2.22. The Kier molecular flexibility index (Phi) is 4.04. The fourth-order valence-corrected chi connectivity index (χ4v) is 2.43. The highest BCUT2D eigenvalue weighted by Crippen LogP contribution is 2.19. The molecule has 1 aliphatic rings. The van der Waals surface area contributed by atoms with E-state index in [0.29, 0.717) is 17.2 Å². The van der Waals surface area contributed by atoms with Gasteiger partial charge in [-0.05, 0) is 37.0 Å². The molecule has 102 valence electrons. The van der Waals surface area contributed by atoms with E-state index in [1.165, 1.54) is 6.42 Å². The fourth-order valence-electron chi connectivity index (χ4n) is 2.43. The van der Waals surface area contributed by atoms with Crippen molar-refractivity contribution in [2.24, 2.45) is 11.7 Å². The molecule has 1 unspecified atom stereocenters. The van der Waals surface area contributed by atoms with Gasteiger partial charge in [-0.25, -0.2) is 4.79 Å². The van der Waals surface area contributed by atoms with Crippen molar-refractivity contribution in [2.75, 3.05) is 18.4 Å². The lowest BCUT2D eigenvalue weighted by Crippen LogP contribution is -2.39. The Balaban J connectivity index is 2.12. The number of urea groups is 1. The molecule has 3 N–H and O–H groups in total. The van der Waals surface area contributed by atoms with E-state index in [-0.39, 0.29) is 5.91 Å². The van der Waals surface area contributed by atoms with Gasteiger partial charge >= 0.3 is 6.03 Å². The first-order chi connectivity index (χ1) is 9.06. The van der Waals surface area contributed by atoms with Crippen molar-refractivity contribution in [3.05, 3.63) is 29.8 Å². The molecule has 1 aromatic carbocycles. The summed E-state index contributed by atoms with van der Waals surface area (Å²) in [6.45, 7) is 3.76. The molecule has 3 amide bonds. The van der Waals surface area contributed by atoms with Crippen LogP contribution in [-0.2, 0) is 0 Å². The molecule has 5 heteroatoms. The Morgan fingerprint density at radius 1 is 1.42 bits per heavy atom. The van der Waals surface area contributed by atoms with Crippen LogP contribution >= 0.6 is 0 Å². The predicted molar refractivity (Wildman–Crippen MR) is 73.9 cm³/mol. The minimum atomic E-state index is -0.629. The molecule has 0 saturated carbocycles. The number of amides is 3. The Labute approximate surface area is 112 Å². The lowest BCUT2D eigenvalue weighted by molar-refractivity contribution is 0.0683. The van der Waals surface area contributed by atoms with Crippen LogP contribution in [0.15, 0.2) is 24.3 Å². The summed E-state index contributed by atoms with van der Waals surface area (Å²) in [6.07, 6.45) is 2.22. The first-order valence-electron chi connectivity index (χ1n) is 6.52. The van der Waals surface area contributed by atoms with E-state index < -0.39 is 6.03 Å². The van der Waals surface area contributed by atoms with Crippen LogP contribution < -0.4 is 11.1 Å². The van der Waals surface area contributed by atoms with Crippen molar-refractivity contribution in [3.8, 4) is 0 Å². The van der Waals surface area contributed by atoms with Gasteiger partial charge in [-0.2, -0.15) is 0 Å². The van der Waals surface area contributed by atoms with Crippen LogP contribution in [0.3, 0.4) is 0 Å². The summed E-state index contributed by atoms with van der Waals surface area (Å²) in [6, 6.07) is 6.24. The van der Waals surface area contributed by atoms with E-state index in [1.807, 2.05) is 4.90 Å². The predicted octanol–water partition coefficient (Wildman–Crippen LogP) is 2.05. The molecule has 19 heavy (non-hydrogen) atoms. The number of benzene rings is 1. The summed E-state index contributed by atoms with van der Waals surface area (Å²) in [7, 11) is 0. The Morgan fingerprint density at radius 3 is 2.89 bits per heavy atom. The van der Waals surface area contributed by atoms with Gasteiger partial charge in [0.25, 0.3) is 5.91 Å². The minimum absolute atomic E-state index is 0.0136. The molecule has 1 aromatic rings. The Morgan fingerprint density at radius 2 is 2.21 bits per heavy atom. The van der Waals surface area contributed by atoms with Gasteiger partial charge in [0, 0.05) is 24.3 Å². The Bertz CT molecular complexity index is 487. The van der Waals surface area contributed by atoms with Crippen molar-refractivity contribution >= 4 is 17.6 Å². The highest BCUT2D eigenvalue weighted by atomic mass is 16.2. The van der Waals surface area contributed by atoms with Gasteiger partial charge < -0.3 is 16.0 Å². The van der Waals surface area contributed by atoms with Gasteiger partial charge in [-0.1, -0.05) is 13.0 Å². The summed E-state index contributed by atoms with van der Waals surface area (Å²) in [5.41, 5.74) is 6.19. The van der Waals surface area contributed by atoms with Gasteiger partial charge in [0.2, 0.25) is 0 Å². The standard InChI is InChI=1S/C14H19N3O2/c1-10-4-3-7-17(9-10)13(18)11-5-2-6-12(8-11)16-14(15)19/h2,5-6,8,10H,3-4,7,9H2,1H3,(H3,15,16,19). The normalized spacial score (nSPS) is 19.0. The quantitative estimate of drug-likeness (QED) is 0.855. The number of nitrogens with two attached hydrogens (primary N) is 1. The third kappa shape index (κ3) is 3.47. The van der Waals surface area contributed by atoms with Crippen LogP contribution in [0.25, 0.3) is 0 Å². The van der Waals surface area contributed by atoms with Gasteiger partial charge in [-0.3, -0.25) is 4.79 Å². The second-order valence-electron chi connectivity index (χ2n) is 5.07. The second kappa shape index (κ2) is 5.73. The number of anilines is 1. The summed E-state index contributed by atoms with van der Waals surface area (Å²) >= 11 is 0. The van der Waals surface area contributed by atoms with Crippen LogP contribution in [0.4, 0.5) is 10.5 Å². The molecule has 0 radical (unpaired) electrons. The SMILES string of the molecule is CC1CCCN(C(=O)c2cccc(NC(N)=O)c2)C1. The fraction of sp³-hybridized carbons (Fsp3) is 0.429. The molecular weight excluding hydrogens is 242 g/mol. The number of nitrogens with zero attached hydrogens (tertiary/aromatic N) is 1. The lowest BCUT2D eigenvalue weighted by Gasteiger charge is -2.31. The van der Waals surface area contributed by atoms with E-state index in [4.69, 9.17) is 5.73 Å². The second-order valence-corrected chi connectivity index (χ2v) is 5.07. The summed E-state index contributed by atoms with van der Waals surface area (Å²) in [5.74, 6) is 0.560. The molecule has 5 nitrogen and oxygen atoms in total. The molecule has 0 spiro atoms. The third-order valence-corrected chi connectivity index (χ3v) is 3.32. The Hall–Kier alpha value is -2.04. The van der Waals surface area contributed by atoms with Crippen molar-refractivity contribution in [1.29, 1.82) is 0 Å². The summed E-state index contributed by atoms with van der Waals surface area (Å²) in [4.78, 5) is 25.0. The number of piperidine rings is 1. The van der Waals surface area contributed by atoms with Crippen molar-refractivity contribution < 1.29 is 9.59 Å². The molecule has 1 saturated heterocycles. The number of hydrogen-bond acceptors (Lipinski definition) is 2. The summed E-state index contributed by atoms with van der Waals surface area (Å²) in [5, 5.41) is 2.48. The lowest BCUT2D eigenvalue weighted by atomic mass is 9.99. The molecule has 1 atom stereocenters. The average molecular weight is 261 g/mol. The molecule has 1 heterocycles. The number of carbonyl (C=O) groups is 2. The molecule has 1 fully saturated rings. The largest absolute Gasteiger partial charge is 0.351 e. The molecule has 0 aromatic heterocycles. The van der Waals surface area contributed by atoms with E-state index in [0.717, 1.165) is 19.5 Å². The van der Waals surface area contributed by atoms with Crippen LogP contribution in [0.5, 0.6) is 0 Å². The highest BCUT2D eigenvalue weighted by molar-refractivity contribution is 5.96. The number of likely N-dealkylation sites (tertiary alicyclic amines) is 1. The van der Waals surface area contributed by atoms with E-state index in [1.54, 1.807) is 24.3 Å². The number of carbonyl (C=O) groups excluding carboxylic acids is 2.